The topological polar surface area (TPSA) is 54.5 Å². The lowest BCUT2D eigenvalue weighted by molar-refractivity contribution is -0.123. The fourth-order valence-electron chi connectivity index (χ4n) is 4.04. The van der Waals surface area contributed by atoms with Crippen molar-refractivity contribution in [2.75, 3.05) is 19.6 Å². The average Bonchev–Trinajstić information content (AvgIpc) is 3.06. The molecule has 2 atom stereocenters. The molecule has 2 aliphatic heterocycles. The molecule has 0 aromatic carbocycles. The van der Waals surface area contributed by atoms with Crippen LogP contribution in [0.4, 0.5) is 0 Å². The number of pyridine rings is 1. The summed E-state index contributed by atoms with van der Waals surface area (Å²) in [4.78, 5) is 18.7. The molecule has 2 unspecified atom stereocenters. The highest BCUT2D eigenvalue weighted by molar-refractivity contribution is 5.76. The zero-order chi connectivity index (χ0) is 18.4. The molecular weight excluding hydrogens is 326 g/mol. The van der Waals surface area contributed by atoms with Crippen LogP contribution in [0.3, 0.4) is 0 Å². The van der Waals surface area contributed by atoms with Gasteiger partial charge in [-0.2, -0.15) is 0 Å². The average molecular weight is 360 g/mol. The van der Waals surface area contributed by atoms with Crippen molar-refractivity contribution in [3.05, 3.63) is 30.1 Å². The molecule has 2 fully saturated rings. The predicted octanol–water partition coefficient (Wildman–Crippen LogP) is 3.15. The van der Waals surface area contributed by atoms with E-state index >= 15 is 0 Å². The van der Waals surface area contributed by atoms with E-state index in [-0.39, 0.29) is 17.6 Å². The lowest BCUT2D eigenvalue weighted by Crippen LogP contribution is -2.44. The molecule has 3 heterocycles. The molecule has 1 aromatic rings. The number of carbonyl (C=O) groups is 1. The van der Waals surface area contributed by atoms with Gasteiger partial charge in [-0.3, -0.25) is 14.7 Å². The number of piperidine rings is 1. The van der Waals surface area contributed by atoms with Crippen molar-refractivity contribution < 1.29 is 9.53 Å². The summed E-state index contributed by atoms with van der Waals surface area (Å²) in [7, 11) is 0. The summed E-state index contributed by atoms with van der Waals surface area (Å²) >= 11 is 0. The molecule has 1 aromatic heterocycles. The van der Waals surface area contributed by atoms with Crippen molar-refractivity contribution in [1.82, 2.24) is 15.2 Å². The second-order valence-electron chi connectivity index (χ2n) is 8.12. The van der Waals surface area contributed by atoms with Crippen molar-refractivity contribution in [3.63, 3.8) is 0 Å². The Morgan fingerprint density at radius 1 is 1.42 bits per heavy atom. The minimum atomic E-state index is 0.0392. The number of ether oxygens (including phenoxy) is 1. The van der Waals surface area contributed by atoms with Crippen LogP contribution in [0.2, 0.25) is 0 Å². The summed E-state index contributed by atoms with van der Waals surface area (Å²) in [6.07, 6.45) is 9.99. The van der Waals surface area contributed by atoms with Gasteiger partial charge in [-0.05, 0) is 43.2 Å². The zero-order valence-corrected chi connectivity index (χ0v) is 16.2. The van der Waals surface area contributed by atoms with Crippen LogP contribution in [-0.4, -0.2) is 47.1 Å². The van der Waals surface area contributed by atoms with Crippen molar-refractivity contribution in [3.8, 4) is 0 Å². The molecular formula is C21H33N3O2. The van der Waals surface area contributed by atoms with E-state index in [4.69, 9.17) is 4.74 Å². The largest absolute Gasteiger partial charge is 0.370 e. The quantitative estimate of drug-likeness (QED) is 0.812. The van der Waals surface area contributed by atoms with Crippen LogP contribution in [0.1, 0.15) is 57.9 Å². The van der Waals surface area contributed by atoms with Crippen LogP contribution in [-0.2, 0) is 16.1 Å². The number of amides is 1. The van der Waals surface area contributed by atoms with Gasteiger partial charge in [-0.15, -0.1) is 0 Å². The first-order valence-electron chi connectivity index (χ1n) is 10.1. The SMILES string of the molecule is CCC(C)CC(=O)NCC1CCC2(CCN(Cc3cccnc3)CC2)O1. The molecule has 1 spiro atoms. The third-order valence-corrected chi connectivity index (χ3v) is 5.99. The highest BCUT2D eigenvalue weighted by Crippen LogP contribution is 2.39. The number of carbonyl (C=O) groups excluding carboxylic acids is 1. The van der Waals surface area contributed by atoms with Gasteiger partial charge in [0.2, 0.25) is 5.91 Å². The van der Waals surface area contributed by atoms with Gasteiger partial charge in [0.05, 0.1) is 11.7 Å². The maximum Gasteiger partial charge on any atom is 0.220 e. The van der Waals surface area contributed by atoms with Crippen molar-refractivity contribution >= 4 is 5.91 Å². The van der Waals surface area contributed by atoms with E-state index in [2.05, 4.69) is 35.1 Å². The first-order valence-corrected chi connectivity index (χ1v) is 10.1. The van der Waals surface area contributed by atoms with Gasteiger partial charge < -0.3 is 10.1 Å². The maximum atomic E-state index is 12.0. The van der Waals surface area contributed by atoms with Gasteiger partial charge >= 0.3 is 0 Å². The van der Waals surface area contributed by atoms with Crippen LogP contribution in [0.15, 0.2) is 24.5 Å². The maximum absolute atomic E-state index is 12.0. The van der Waals surface area contributed by atoms with Gasteiger partial charge in [0.15, 0.2) is 0 Å². The smallest absolute Gasteiger partial charge is 0.220 e. The highest BCUT2D eigenvalue weighted by Gasteiger charge is 2.42. The number of likely N-dealkylation sites (tertiary alicyclic amines) is 1. The molecule has 0 bridgehead atoms. The standard InChI is InChI=1S/C21H33N3O2/c1-3-17(2)13-20(25)23-15-19-6-7-21(26-19)8-11-24(12-9-21)16-18-5-4-10-22-14-18/h4-5,10,14,17,19H,3,6-9,11-13,15-16H2,1-2H3,(H,23,25). The molecule has 0 saturated carbocycles. The molecule has 2 saturated heterocycles. The number of aromatic nitrogens is 1. The van der Waals surface area contributed by atoms with Crippen LogP contribution in [0.5, 0.6) is 0 Å². The Bertz CT molecular complexity index is 570. The fourth-order valence-corrected chi connectivity index (χ4v) is 4.04. The van der Waals surface area contributed by atoms with Gasteiger partial charge in [0, 0.05) is 45.0 Å². The van der Waals surface area contributed by atoms with Crippen molar-refractivity contribution in [1.29, 1.82) is 0 Å². The summed E-state index contributed by atoms with van der Waals surface area (Å²) in [5.41, 5.74) is 1.31. The van der Waals surface area contributed by atoms with Crippen LogP contribution < -0.4 is 5.32 Å². The van der Waals surface area contributed by atoms with E-state index in [9.17, 15) is 4.79 Å². The molecule has 0 aliphatic carbocycles. The van der Waals surface area contributed by atoms with E-state index in [0.717, 1.165) is 51.7 Å². The molecule has 2 aliphatic rings. The zero-order valence-electron chi connectivity index (χ0n) is 16.2. The number of nitrogens with zero attached hydrogens (tertiary/aromatic N) is 2. The minimum absolute atomic E-state index is 0.0392. The monoisotopic (exact) mass is 359 g/mol. The van der Waals surface area contributed by atoms with Crippen molar-refractivity contribution in [2.24, 2.45) is 5.92 Å². The summed E-state index contributed by atoms with van der Waals surface area (Å²) in [5, 5.41) is 3.07. The number of rotatable bonds is 7. The Morgan fingerprint density at radius 3 is 2.92 bits per heavy atom. The van der Waals surface area contributed by atoms with E-state index in [1.165, 1.54) is 5.56 Å². The van der Waals surface area contributed by atoms with Crippen LogP contribution in [0, 0.1) is 5.92 Å². The lowest BCUT2D eigenvalue weighted by Gasteiger charge is -2.39. The highest BCUT2D eigenvalue weighted by atomic mass is 16.5. The molecule has 144 valence electrons. The summed E-state index contributed by atoms with van der Waals surface area (Å²) < 4.78 is 6.42. The molecule has 5 heteroatoms. The number of hydrogen-bond acceptors (Lipinski definition) is 4. The molecule has 26 heavy (non-hydrogen) atoms. The summed E-state index contributed by atoms with van der Waals surface area (Å²) in [6, 6.07) is 4.14. The third kappa shape index (κ3) is 5.27. The Kier molecular flexibility index (Phi) is 6.65. The Labute approximate surface area is 157 Å². The number of hydrogen-bond donors (Lipinski definition) is 1. The summed E-state index contributed by atoms with van der Waals surface area (Å²) in [6.45, 7) is 8.03. The molecule has 1 N–H and O–H groups in total. The Hall–Kier alpha value is -1.46. The third-order valence-electron chi connectivity index (χ3n) is 5.99. The van der Waals surface area contributed by atoms with Crippen LogP contribution >= 0.6 is 0 Å². The molecule has 3 rings (SSSR count). The van der Waals surface area contributed by atoms with E-state index in [1.54, 1.807) is 0 Å². The Balaban J connectivity index is 1.39. The Morgan fingerprint density at radius 2 is 2.23 bits per heavy atom. The second-order valence-corrected chi connectivity index (χ2v) is 8.12. The van der Waals surface area contributed by atoms with Gasteiger partial charge in [0.25, 0.3) is 0 Å². The first kappa shape index (κ1) is 19.3. The van der Waals surface area contributed by atoms with Gasteiger partial charge in [-0.1, -0.05) is 26.3 Å². The predicted molar refractivity (Wildman–Crippen MR) is 103 cm³/mol. The van der Waals surface area contributed by atoms with Gasteiger partial charge in [-0.25, -0.2) is 0 Å². The minimum Gasteiger partial charge on any atom is -0.370 e. The normalized spacial score (nSPS) is 23.8. The van der Waals surface area contributed by atoms with E-state index in [1.807, 2.05) is 18.5 Å². The fraction of sp³-hybridized carbons (Fsp3) is 0.714. The molecule has 5 nitrogen and oxygen atoms in total. The van der Waals surface area contributed by atoms with Gasteiger partial charge in [0.1, 0.15) is 0 Å². The lowest BCUT2D eigenvalue weighted by atomic mass is 9.88. The second kappa shape index (κ2) is 8.96. The molecule has 0 radical (unpaired) electrons. The van der Waals surface area contributed by atoms with E-state index < -0.39 is 0 Å². The molecule has 1 amide bonds. The van der Waals surface area contributed by atoms with Crippen LogP contribution in [0.25, 0.3) is 0 Å². The summed E-state index contributed by atoms with van der Waals surface area (Å²) in [5.74, 6) is 0.616. The first-order chi connectivity index (χ1) is 12.6. The number of nitrogens with one attached hydrogen (secondary N) is 1. The van der Waals surface area contributed by atoms with E-state index in [0.29, 0.717) is 18.9 Å². The van der Waals surface area contributed by atoms with Crippen molar-refractivity contribution in [2.45, 2.75) is 70.6 Å².